The fourth-order valence-corrected chi connectivity index (χ4v) is 2.81. The van der Waals surface area contributed by atoms with Crippen LogP contribution in [0.2, 0.25) is 0 Å². The average molecular weight is 318 g/mol. The van der Waals surface area contributed by atoms with Gasteiger partial charge in [0.25, 0.3) is 5.69 Å². The number of nitrogens with one attached hydrogen (secondary N) is 2. The molecule has 0 aromatic heterocycles. The number of carbonyl (C=O) groups is 1. The van der Waals surface area contributed by atoms with Crippen LogP contribution in [-0.4, -0.2) is 28.5 Å². The van der Waals surface area contributed by atoms with Crippen LogP contribution in [0.4, 0.5) is 5.69 Å². The molecule has 1 heterocycles. The van der Waals surface area contributed by atoms with Crippen molar-refractivity contribution in [1.82, 2.24) is 10.6 Å². The smallest absolute Gasteiger partial charge is 0.269 e. The van der Waals surface area contributed by atoms with Crippen LogP contribution in [0, 0.1) is 10.1 Å². The van der Waals surface area contributed by atoms with Gasteiger partial charge >= 0.3 is 0 Å². The van der Waals surface area contributed by atoms with Gasteiger partial charge in [-0.3, -0.25) is 20.2 Å². The molecule has 0 bridgehead atoms. The zero-order chi connectivity index (χ0) is 13.8. The summed E-state index contributed by atoms with van der Waals surface area (Å²) >= 11 is 1.68. The molecule has 2 unspecified atom stereocenters. The number of rotatable bonds is 4. The van der Waals surface area contributed by atoms with Gasteiger partial charge in [-0.15, -0.1) is 24.2 Å². The summed E-state index contributed by atoms with van der Waals surface area (Å²) in [5, 5.41) is 16.7. The van der Waals surface area contributed by atoms with E-state index in [1.807, 2.05) is 6.92 Å². The second-order valence-electron chi connectivity index (χ2n) is 4.35. The van der Waals surface area contributed by atoms with E-state index in [-0.39, 0.29) is 36.1 Å². The molecule has 0 radical (unpaired) electrons. The molecule has 1 aromatic rings. The van der Waals surface area contributed by atoms with Crippen LogP contribution in [0.5, 0.6) is 0 Å². The third-order valence-corrected chi connectivity index (χ3v) is 3.91. The Morgan fingerprint density at radius 3 is 2.95 bits per heavy atom. The van der Waals surface area contributed by atoms with E-state index in [9.17, 15) is 14.9 Å². The van der Waals surface area contributed by atoms with Crippen molar-refractivity contribution < 1.29 is 9.72 Å². The maximum Gasteiger partial charge on any atom is 0.269 e. The van der Waals surface area contributed by atoms with E-state index in [0.717, 1.165) is 17.2 Å². The maximum atomic E-state index is 11.9. The van der Waals surface area contributed by atoms with Gasteiger partial charge in [-0.1, -0.05) is 12.1 Å². The maximum absolute atomic E-state index is 11.9. The first kappa shape index (κ1) is 16.7. The number of hydrogen-bond donors (Lipinski definition) is 2. The number of non-ortho nitro benzene ring substituents is 1. The molecule has 0 spiro atoms. The summed E-state index contributed by atoms with van der Waals surface area (Å²) < 4.78 is 0. The van der Waals surface area contributed by atoms with Gasteiger partial charge in [-0.2, -0.15) is 0 Å². The van der Waals surface area contributed by atoms with Crippen LogP contribution in [0.3, 0.4) is 0 Å². The fourth-order valence-electron chi connectivity index (χ4n) is 1.87. The third-order valence-electron chi connectivity index (χ3n) is 2.97. The quantitative estimate of drug-likeness (QED) is 0.654. The van der Waals surface area contributed by atoms with Crippen molar-refractivity contribution in [3.63, 3.8) is 0 Å². The predicted molar refractivity (Wildman–Crippen MR) is 81.2 cm³/mol. The summed E-state index contributed by atoms with van der Waals surface area (Å²) in [4.78, 5) is 22.2. The lowest BCUT2D eigenvalue weighted by molar-refractivity contribution is -0.384. The Kier molecular flexibility index (Phi) is 6.25. The SMILES string of the molecule is CC(NC(=O)C1CSCN1)c1cccc([N+](=O)[O-])c1.Cl. The number of nitro benzene ring substituents is 1. The Bertz CT molecular complexity index is 495. The third kappa shape index (κ3) is 4.09. The molecule has 1 saturated heterocycles. The Hall–Kier alpha value is -1.31. The van der Waals surface area contributed by atoms with E-state index < -0.39 is 4.92 Å². The van der Waals surface area contributed by atoms with Gasteiger partial charge in [0.2, 0.25) is 5.91 Å². The van der Waals surface area contributed by atoms with Crippen molar-refractivity contribution in [2.75, 3.05) is 11.6 Å². The molecule has 2 rings (SSSR count). The van der Waals surface area contributed by atoms with Crippen molar-refractivity contribution >= 4 is 35.8 Å². The molecule has 1 aromatic carbocycles. The van der Waals surface area contributed by atoms with E-state index in [1.54, 1.807) is 23.9 Å². The Morgan fingerprint density at radius 2 is 2.35 bits per heavy atom. The number of nitrogens with zero attached hydrogens (tertiary/aromatic N) is 1. The van der Waals surface area contributed by atoms with E-state index in [0.29, 0.717) is 0 Å². The largest absolute Gasteiger partial charge is 0.348 e. The molecule has 1 aliphatic heterocycles. The molecule has 2 N–H and O–H groups in total. The van der Waals surface area contributed by atoms with Gasteiger partial charge < -0.3 is 5.32 Å². The fraction of sp³-hybridized carbons (Fsp3) is 0.417. The molecule has 0 aliphatic carbocycles. The highest BCUT2D eigenvalue weighted by Gasteiger charge is 2.24. The van der Waals surface area contributed by atoms with Gasteiger partial charge in [-0.25, -0.2) is 0 Å². The highest BCUT2D eigenvalue weighted by atomic mass is 35.5. The number of benzene rings is 1. The summed E-state index contributed by atoms with van der Waals surface area (Å²) in [7, 11) is 0. The average Bonchev–Trinajstić information content (AvgIpc) is 2.92. The molecule has 1 amide bonds. The standard InChI is InChI=1S/C12H15N3O3S.ClH/c1-8(14-12(16)11-6-19-7-13-11)9-3-2-4-10(5-9)15(17)18;/h2-5,8,11,13H,6-7H2,1H3,(H,14,16);1H. The van der Waals surface area contributed by atoms with Crippen molar-refractivity contribution in [1.29, 1.82) is 0 Å². The number of thioether (sulfide) groups is 1. The van der Waals surface area contributed by atoms with Crippen LogP contribution >= 0.6 is 24.2 Å². The number of nitro groups is 1. The molecule has 8 heteroatoms. The first-order chi connectivity index (χ1) is 9.08. The lowest BCUT2D eigenvalue weighted by Gasteiger charge is -2.17. The minimum Gasteiger partial charge on any atom is -0.348 e. The van der Waals surface area contributed by atoms with E-state index in [1.165, 1.54) is 12.1 Å². The van der Waals surface area contributed by atoms with Crippen molar-refractivity contribution in [3.8, 4) is 0 Å². The van der Waals surface area contributed by atoms with Crippen molar-refractivity contribution in [2.45, 2.75) is 19.0 Å². The van der Waals surface area contributed by atoms with Crippen molar-refractivity contribution in [2.24, 2.45) is 0 Å². The van der Waals surface area contributed by atoms with Crippen LogP contribution in [0.15, 0.2) is 24.3 Å². The number of hydrogen-bond acceptors (Lipinski definition) is 5. The van der Waals surface area contributed by atoms with E-state index in [2.05, 4.69) is 10.6 Å². The van der Waals surface area contributed by atoms with Gasteiger partial charge in [0, 0.05) is 23.8 Å². The van der Waals surface area contributed by atoms with E-state index in [4.69, 9.17) is 0 Å². The highest BCUT2D eigenvalue weighted by Crippen LogP contribution is 2.19. The molecule has 2 atom stereocenters. The van der Waals surface area contributed by atoms with Crippen LogP contribution in [-0.2, 0) is 4.79 Å². The van der Waals surface area contributed by atoms with Gasteiger partial charge in [0.1, 0.15) is 0 Å². The Labute approximate surface area is 127 Å². The zero-order valence-corrected chi connectivity index (χ0v) is 12.5. The molecular formula is C12H16ClN3O3S. The lowest BCUT2D eigenvalue weighted by Crippen LogP contribution is -2.42. The van der Waals surface area contributed by atoms with E-state index >= 15 is 0 Å². The number of carbonyl (C=O) groups excluding carboxylic acids is 1. The molecule has 1 aliphatic rings. The van der Waals surface area contributed by atoms with Crippen LogP contribution in [0.25, 0.3) is 0 Å². The van der Waals surface area contributed by atoms with Crippen LogP contribution in [0.1, 0.15) is 18.5 Å². The summed E-state index contributed by atoms with van der Waals surface area (Å²) in [5.41, 5.74) is 0.765. The molecule has 0 saturated carbocycles. The van der Waals surface area contributed by atoms with Gasteiger partial charge in [0.15, 0.2) is 0 Å². The summed E-state index contributed by atoms with van der Waals surface area (Å²) in [5.74, 6) is 1.47. The van der Waals surface area contributed by atoms with Gasteiger partial charge in [0.05, 0.1) is 17.0 Å². The Balaban J connectivity index is 0.00000200. The number of halogens is 1. The summed E-state index contributed by atoms with van der Waals surface area (Å²) in [6.45, 7) is 1.82. The first-order valence-corrected chi connectivity index (χ1v) is 7.09. The molecule has 110 valence electrons. The lowest BCUT2D eigenvalue weighted by atomic mass is 10.1. The number of amides is 1. The molecule has 1 fully saturated rings. The second-order valence-corrected chi connectivity index (χ2v) is 5.38. The minimum absolute atomic E-state index is 0. The molecule has 6 nitrogen and oxygen atoms in total. The minimum atomic E-state index is -0.437. The predicted octanol–water partition coefficient (Wildman–Crippen LogP) is 1.86. The first-order valence-electron chi connectivity index (χ1n) is 5.94. The van der Waals surface area contributed by atoms with Crippen LogP contribution < -0.4 is 10.6 Å². The molecule has 20 heavy (non-hydrogen) atoms. The Morgan fingerprint density at radius 1 is 1.60 bits per heavy atom. The summed E-state index contributed by atoms with van der Waals surface area (Å²) in [6, 6.07) is 5.90. The van der Waals surface area contributed by atoms with Crippen molar-refractivity contribution in [3.05, 3.63) is 39.9 Å². The van der Waals surface area contributed by atoms with Gasteiger partial charge in [-0.05, 0) is 12.5 Å². The topological polar surface area (TPSA) is 84.3 Å². The monoisotopic (exact) mass is 317 g/mol. The highest BCUT2D eigenvalue weighted by molar-refractivity contribution is 7.99. The zero-order valence-electron chi connectivity index (χ0n) is 10.9. The normalized spacial score (nSPS) is 18.9. The summed E-state index contributed by atoms with van der Waals surface area (Å²) in [6.07, 6.45) is 0. The second kappa shape index (κ2) is 7.47. The molecular weight excluding hydrogens is 302 g/mol.